The van der Waals surface area contributed by atoms with E-state index >= 15 is 0 Å². The minimum Gasteiger partial charge on any atom is -0.469 e. The van der Waals surface area contributed by atoms with Crippen LogP contribution in [0.2, 0.25) is 5.02 Å². The van der Waals surface area contributed by atoms with E-state index < -0.39 is 5.91 Å². The highest BCUT2D eigenvalue weighted by atomic mass is 35.5. The summed E-state index contributed by atoms with van der Waals surface area (Å²) in [4.78, 5) is 24.6. The first kappa shape index (κ1) is 24.6. The standard InChI is InChI=1S/C27H31ClN2O3/c1-17-24(26(29)32)25(19-9-11-20(12-10-19)27(2,3)4)22(13-14-23(31)33-5)30(17)16-18-7-6-8-21(28)15-18/h6-12,15H,13-14,16H2,1-5H3,(H2,29,32). The molecule has 0 saturated carbocycles. The largest absolute Gasteiger partial charge is 0.469 e. The van der Waals surface area contributed by atoms with Crippen molar-refractivity contribution in [3.63, 3.8) is 0 Å². The quantitative estimate of drug-likeness (QED) is 0.456. The van der Waals surface area contributed by atoms with Gasteiger partial charge >= 0.3 is 5.97 Å². The Hall–Kier alpha value is -3.05. The van der Waals surface area contributed by atoms with Gasteiger partial charge < -0.3 is 15.0 Å². The number of rotatable bonds is 7. The van der Waals surface area contributed by atoms with Crippen molar-refractivity contribution in [1.82, 2.24) is 4.57 Å². The number of ether oxygens (including phenoxy) is 1. The number of carbonyl (C=O) groups is 2. The number of nitrogens with zero attached hydrogens (tertiary/aromatic N) is 1. The second-order valence-corrected chi connectivity index (χ2v) is 9.70. The summed E-state index contributed by atoms with van der Waals surface area (Å²) in [7, 11) is 1.37. The van der Waals surface area contributed by atoms with E-state index in [2.05, 4.69) is 37.5 Å². The number of esters is 1. The smallest absolute Gasteiger partial charge is 0.305 e. The Bertz CT molecular complexity index is 1170. The maximum Gasteiger partial charge on any atom is 0.305 e. The molecule has 6 heteroatoms. The molecule has 2 N–H and O–H groups in total. The highest BCUT2D eigenvalue weighted by Crippen LogP contribution is 2.35. The van der Waals surface area contributed by atoms with Gasteiger partial charge in [0.1, 0.15) is 0 Å². The topological polar surface area (TPSA) is 74.3 Å². The van der Waals surface area contributed by atoms with Gasteiger partial charge in [-0.25, -0.2) is 0 Å². The van der Waals surface area contributed by atoms with Gasteiger partial charge in [-0.05, 0) is 47.6 Å². The molecule has 0 aliphatic rings. The van der Waals surface area contributed by atoms with Crippen LogP contribution in [-0.2, 0) is 27.9 Å². The number of hydrogen-bond donors (Lipinski definition) is 1. The average molecular weight is 467 g/mol. The summed E-state index contributed by atoms with van der Waals surface area (Å²) >= 11 is 6.20. The maximum atomic E-state index is 12.6. The molecule has 3 aromatic rings. The van der Waals surface area contributed by atoms with E-state index in [-0.39, 0.29) is 17.8 Å². The summed E-state index contributed by atoms with van der Waals surface area (Å²) in [5.41, 5.74) is 11.8. The predicted octanol–water partition coefficient (Wildman–Crippen LogP) is 5.67. The second-order valence-electron chi connectivity index (χ2n) is 9.27. The van der Waals surface area contributed by atoms with E-state index in [0.717, 1.165) is 28.1 Å². The van der Waals surface area contributed by atoms with E-state index in [1.807, 2.05) is 43.3 Å². The van der Waals surface area contributed by atoms with Crippen LogP contribution in [0.4, 0.5) is 0 Å². The van der Waals surface area contributed by atoms with Crippen LogP contribution in [0.3, 0.4) is 0 Å². The molecular weight excluding hydrogens is 436 g/mol. The molecule has 0 atom stereocenters. The number of amides is 1. The fourth-order valence-corrected chi connectivity index (χ4v) is 4.37. The number of methoxy groups -OCH3 is 1. The molecule has 0 unspecified atom stereocenters. The first-order valence-electron chi connectivity index (χ1n) is 11.0. The molecule has 0 spiro atoms. The summed E-state index contributed by atoms with van der Waals surface area (Å²) in [6.45, 7) is 8.86. The van der Waals surface area contributed by atoms with Gasteiger partial charge in [0.15, 0.2) is 0 Å². The molecular formula is C27H31ClN2O3. The lowest BCUT2D eigenvalue weighted by molar-refractivity contribution is -0.140. The molecule has 0 fully saturated rings. The molecule has 0 radical (unpaired) electrons. The summed E-state index contributed by atoms with van der Waals surface area (Å²) in [5, 5.41) is 0.640. The number of carbonyl (C=O) groups excluding carboxylic acids is 2. The van der Waals surface area contributed by atoms with Gasteiger partial charge in [-0.2, -0.15) is 0 Å². The van der Waals surface area contributed by atoms with Crippen molar-refractivity contribution in [3.05, 3.63) is 81.6 Å². The van der Waals surface area contributed by atoms with Gasteiger partial charge in [-0.3, -0.25) is 9.59 Å². The average Bonchev–Trinajstić information content (AvgIpc) is 3.03. The molecule has 0 aliphatic heterocycles. The Morgan fingerprint density at radius 1 is 1.09 bits per heavy atom. The Kier molecular flexibility index (Phi) is 7.33. The number of halogens is 1. The highest BCUT2D eigenvalue weighted by molar-refractivity contribution is 6.30. The van der Waals surface area contributed by atoms with Crippen molar-refractivity contribution >= 4 is 23.5 Å². The Morgan fingerprint density at radius 2 is 1.76 bits per heavy atom. The first-order chi connectivity index (χ1) is 15.5. The van der Waals surface area contributed by atoms with Gasteiger partial charge in [-0.1, -0.05) is 68.8 Å². The van der Waals surface area contributed by atoms with Crippen LogP contribution < -0.4 is 5.73 Å². The predicted molar refractivity (Wildman–Crippen MR) is 133 cm³/mol. The lowest BCUT2D eigenvalue weighted by Crippen LogP contribution is -2.14. The third kappa shape index (κ3) is 5.48. The number of nitrogens with two attached hydrogens (primary N) is 1. The number of primary amides is 1. The monoisotopic (exact) mass is 466 g/mol. The maximum absolute atomic E-state index is 12.6. The van der Waals surface area contributed by atoms with Gasteiger partial charge in [0, 0.05) is 28.5 Å². The van der Waals surface area contributed by atoms with Crippen LogP contribution in [-0.4, -0.2) is 23.6 Å². The number of aromatic nitrogens is 1. The van der Waals surface area contributed by atoms with Crippen molar-refractivity contribution in [2.24, 2.45) is 5.73 Å². The number of hydrogen-bond acceptors (Lipinski definition) is 3. The van der Waals surface area contributed by atoms with Crippen molar-refractivity contribution in [3.8, 4) is 11.1 Å². The molecule has 1 aromatic heterocycles. The Labute approximate surface area is 200 Å². The third-order valence-corrected chi connectivity index (χ3v) is 6.18. The molecule has 0 saturated heterocycles. The Balaban J connectivity index is 2.20. The molecule has 1 heterocycles. The van der Waals surface area contributed by atoms with E-state index in [4.69, 9.17) is 22.1 Å². The van der Waals surface area contributed by atoms with E-state index in [1.165, 1.54) is 12.7 Å². The molecule has 0 bridgehead atoms. The fourth-order valence-electron chi connectivity index (χ4n) is 4.16. The van der Waals surface area contributed by atoms with Crippen molar-refractivity contribution in [2.45, 2.75) is 52.5 Å². The fraction of sp³-hybridized carbons (Fsp3) is 0.333. The molecule has 33 heavy (non-hydrogen) atoms. The van der Waals surface area contributed by atoms with E-state index in [9.17, 15) is 9.59 Å². The van der Waals surface area contributed by atoms with Gasteiger partial charge in [-0.15, -0.1) is 0 Å². The lowest BCUT2D eigenvalue weighted by Gasteiger charge is -2.19. The summed E-state index contributed by atoms with van der Waals surface area (Å²) in [5.74, 6) is -0.802. The van der Waals surface area contributed by atoms with Crippen LogP contribution in [0.1, 0.15) is 60.1 Å². The van der Waals surface area contributed by atoms with Gasteiger partial charge in [0.2, 0.25) is 0 Å². The molecule has 1 amide bonds. The van der Waals surface area contributed by atoms with Crippen LogP contribution in [0.15, 0.2) is 48.5 Å². The second kappa shape index (κ2) is 9.84. The Morgan fingerprint density at radius 3 is 2.30 bits per heavy atom. The zero-order valence-corrected chi connectivity index (χ0v) is 20.6. The van der Waals surface area contributed by atoms with Crippen LogP contribution in [0.25, 0.3) is 11.1 Å². The van der Waals surface area contributed by atoms with Gasteiger partial charge in [0.25, 0.3) is 5.91 Å². The van der Waals surface area contributed by atoms with E-state index in [1.54, 1.807) is 0 Å². The highest BCUT2D eigenvalue weighted by Gasteiger charge is 2.26. The van der Waals surface area contributed by atoms with Crippen molar-refractivity contribution in [1.29, 1.82) is 0 Å². The van der Waals surface area contributed by atoms with E-state index in [0.29, 0.717) is 23.6 Å². The normalized spacial score (nSPS) is 11.5. The third-order valence-electron chi connectivity index (χ3n) is 5.94. The summed E-state index contributed by atoms with van der Waals surface area (Å²) in [6.07, 6.45) is 0.610. The summed E-state index contributed by atoms with van der Waals surface area (Å²) in [6, 6.07) is 15.8. The minimum absolute atomic E-state index is 0.00713. The number of benzene rings is 2. The molecule has 0 aliphatic carbocycles. The van der Waals surface area contributed by atoms with Crippen molar-refractivity contribution < 1.29 is 14.3 Å². The van der Waals surface area contributed by atoms with Crippen LogP contribution in [0.5, 0.6) is 0 Å². The van der Waals surface area contributed by atoms with Gasteiger partial charge in [0.05, 0.1) is 19.1 Å². The SMILES string of the molecule is COC(=O)CCc1c(-c2ccc(C(C)(C)C)cc2)c(C(N)=O)c(C)n1Cc1cccc(Cl)c1. The zero-order chi connectivity index (χ0) is 24.3. The molecule has 174 valence electrons. The molecule has 3 rings (SSSR count). The minimum atomic E-state index is -0.494. The van der Waals surface area contributed by atoms with Crippen molar-refractivity contribution in [2.75, 3.05) is 7.11 Å². The molecule has 5 nitrogen and oxygen atoms in total. The molecule has 2 aromatic carbocycles. The summed E-state index contributed by atoms with van der Waals surface area (Å²) < 4.78 is 6.93. The first-order valence-corrected chi connectivity index (χ1v) is 11.3. The van der Waals surface area contributed by atoms with Crippen LogP contribution in [0, 0.1) is 6.92 Å². The zero-order valence-electron chi connectivity index (χ0n) is 19.9. The van der Waals surface area contributed by atoms with Crippen LogP contribution >= 0.6 is 11.6 Å². The lowest BCUT2D eigenvalue weighted by atomic mass is 9.86.